The third-order valence-corrected chi connectivity index (χ3v) is 20.4. The number of aromatic nitrogens is 4. The van der Waals surface area contributed by atoms with Crippen molar-refractivity contribution in [2.75, 3.05) is 31.3 Å². The van der Waals surface area contributed by atoms with Gasteiger partial charge in [0.1, 0.15) is 84.3 Å². The standard InChI is InChI=1S/C79H102N18O23S2/c1-5-38(2)63(95-71(111)55(27-45-31-81-37-84-45)87-74(114)61(36-122)94-77(117)64(39(3)101)97-78(118)65(40(4)102)96-66(106)49(80)25-43-29-82-50-17-11-9-15-47(43)50)76(116)89-53(24-42-19-21-46(103)22-20-42)67(107)88-56(28-62(104)105)70(110)86-54(26-44-30-83-51-18-12-10-16-48(44)51)69(109)85-52(23-41-13-7-6-8-14-41)68(108)93-60(35-121)75(115)91-57(32-98)72(112)90-58(33-99)73(113)92-59(34-100)79(119)120/h6-22,29-31,37-40,49,52-61,63-65,82-83,98-103,121-122H,5,23-28,32-36,80H2,1-4H3,(H,81,84)(H,85,109)(H,86,110)(H,87,114)(H,88,107)(H,89,116)(H,90,112)(H,91,115)(H,92,113)(H,93,108)(H,94,117)(H,95,111)(H,96,106)(H,97,118)(H,104,105)(H,119,120)/t38-,39+,40+,49-,52-,53-,54-,55-,56-,57-,58-,59-,60-,61-,63-,64-,65-/m0/s1. The van der Waals surface area contributed by atoms with Crippen molar-refractivity contribution >= 4 is 136 Å². The van der Waals surface area contributed by atoms with E-state index in [0.29, 0.717) is 27.6 Å². The number of aliphatic hydroxyl groups excluding tert-OH is 5. The van der Waals surface area contributed by atoms with E-state index in [1.54, 1.807) is 80.7 Å². The van der Waals surface area contributed by atoms with Gasteiger partial charge in [-0.1, -0.05) is 99.1 Å². The number of carboxylic acids is 2. The first-order valence-corrected chi connectivity index (χ1v) is 39.8. The number of fused-ring (bicyclic) bond motifs is 2. The Morgan fingerprint density at radius 2 is 0.762 bits per heavy atom. The molecule has 3 aromatic heterocycles. The van der Waals surface area contributed by atoms with Gasteiger partial charge in [-0.3, -0.25) is 67.1 Å². The quantitative estimate of drug-likeness (QED) is 0.0158. The van der Waals surface area contributed by atoms with Gasteiger partial charge >= 0.3 is 11.9 Å². The number of aromatic hydroxyl groups is 1. The van der Waals surface area contributed by atoms with E-state index in [2.05, 4.69) is 104 Å². The van der Waals surface area contributed by atoms with E-state index in [1.807, 2.05) is 28.8 Å². The zero-order chi connectivity index (χ0) is 89.6. The molecule has 0 aliphatic heterocycles. The summed E-state index contributed by atoms with van der Waals surface area (Å²) >= 11 is 8.49. The number of carbonyl (C=O) groups is 15. The fourth-order valence-corrected chi connectivity index (χ4v) is 13.2. The highest BCUT2D eigenvalue weighted by molar-refractivity contribution is 7.80. The largest absolute Gasteiger partial charge is 0.508 e. The average molecular weight is 1740 g/mol. The van der Waals surface area contributed by atoms with Gasteiger partial charge in [-0.15, -0.1) is 0 Å². The van der Waals surface area contributed by atoms with Gasteiger partial charge < -0.3 is 131 Å². The van der Waals surface area contributed by atoms with Gasteiger partial charge in [-0.25, -0.2) is 9.78 Å². The molecule has 41 nitrogen and oxygen atoms in total. The monoisotopic (exact) mass is 1730 g/mol. The van der Waals surface area contributed by atoms with Crippen molar-refractivity contribution in [3.8, 4) is 5.75 Å². The number of nitrogens with two attached hydrogens (primary N) is 1. The highest BCUT2D eigenvalue weighted by atomic mass is 32.1. The minimum atomic E-state index is -2.10. The molecule has 0 unspecified atom stereocenters. The van der Waals surface area contributed by atoms with Crippen LogP contribution in [0.1, 0.15) is 68.5 Å². The van der Waals surface area contributed by atoms with Crippen LogP contribution in [0.15, 0.2) is 128 Å². The summed E-state index contributed by atoms with van der Waals surface area (Å²) in [5, 5.41) is 113. The lowest BCUT2D eigenvalue weighted by atomic mass is 9.96. The maximum Gasteiger partial charge on any atom is 0.328 e. The first-order valence-electron chi connectivity index (χ1n) is 38.6. The maximum absolute atomic E-state index is 15.1. The molecule has 0 aliphatic rings. The molecule has 7 aromatic rings. The van der Waals surface area contributed by atoms with Gasteiger partial charge in [0.05, 0.1) is 50.8 Å². The van der Waals surface area contributed by atoms with Crippen molar-refractivity contribution in [1.82, 2.24) is 89.1 Å². The average Bonchev–Trinajstić information content (AvgIpc) is 1.68. The van der Waals surface area contributed by atoms with Crippen LogP contribution in [-0.4, -0.2) is 278 Å². The van der Waals surface area contributed by atoms with Gasteiger partial charge in [0.2, 0.25) is 76.8 Å². The first-order chi connectivity index (χ1) is 58.1. The van der Waals surface area contributed by atoms with E-state index in [9.17, 15) is 98.4 Å². The first kappa shape index (κ1) is 96.6. The summed E-state index contributed by atoms with van der Waals surface area (Å²) in [5.74, 6) is -20.0. The van der Waals surface area contributed by atoms with Crippen molar-refractivity contribution in [3.63, 3.8) is 0 Å². The maximum atomic E-state index is 15.1. The highest BCUT2D eigenvalue weighted by Gasteiger charge is 2.40. The molecule has 0 saturated heterocycles. The third-order valence-electron chi connectivity index (χ3n) is 19.7. The Hall–Kier alpha value is -12.5. The molecular weight excluding hydrogens is 1630 g/mol. The number of para-hydroxylation sites is 2. The number of amides is 13. The van der Waals surface area contributed by atoms with Crippen LogP contribution in [0.2, 0.25) is 0 Å². The number of aromatic amines is 3. The third kappa shape index (κ3) is 28.0. The molecule has 17 atom stereocenters. The molecule has 0 saturated carbocycles. The summed E-state index contributed by atoms with van der Waals surface area (Å²) in [6.45, 7) is 2.20. The minimum absolute atomic E-state index is 0.0176. The van der Waals surface area contributed by atoms with Crippen LogP contribution in [0, 0.1) is 5.92 Å². The lowest BCUT2D eigenvalue weighted by Gasteiger charge is -2.30. The molecule has 0 radical (unpaired) electrons. The Labute approximate surface area is 708 Å². The molecule has 0 aliphatic carbocycles. The molecule has 3 heterocycles. The number of hydrogen-bond donors (Lipinski definition) is 27. The number of rotatable bonds is 48. The van der Waals surface area contributed by atoms with Gasteiger partial charge in [0, 0.05) is 83.3 Å². The number of H-pyrrole nitrogens is 3. The van der Waals surface area contributed by atoms with Gasteiger partial charge in [0.15, 0.2) is 0 Å². The van der Waals surface area contributed by atoms with Gasteiger partial charge in [0.25, 0.3) is 0 Å². The molecule has 7 rings (SSSR count). The number of aliphatic carboxylic acids is 2. The topological polar surface area (TPSA) is 661 Å². The number of nitrogens with zero attached hydrogens (tertiary/aromatic N) is 1. The van der Waals surface area contributed by atoms with E-state index in [1.165, 1.54) is 49.9 Å². The number of carbonyl (C=O) groups excluding carboxylic acids is 13. The predicted octanol–water partition coefficient (Wildman–Crippen LogP) is -5.58. The van der Waals surface area contributed by atoms with Gasteiger partial charge in [-0.2, -0.15) is 25.3 Å². The Balaban J connectivity index is 1.10. The molecule has 122 heavy (non-hydrogen) atoms. The fourth-order valence-electron chi connectivity index (χ4n) is 12.6. The number of phenols is 1. The predicted molar refractivity (Wildman–Crippen MR) is 443 cm³/mol. The lowest BCUT2D eigenvalue weighted by Crippen LogP contribution is -2.63. The zero-order valence-electron chi connectivity index (χ0n) is 66.5. The molecule has 13 amide bonds. The van der Waals surface area contributed by atoms with Crippen molar-refractivity contribution in [3.05, 3.63) is 156 Å². The second-order valence-corrected chi connectivity index (χ2v) is 29.6. The molecule has 0 bridgehead atoms. The summed E-state index contributed by atoms with van der Waals surface area (Å²) in [7, 11) is 0. The number of aliphatic hydroxyl groups is 5. The Bertz CT molecular complexity index is 4790. The summed E-state index contributed by atoms with van der Waals surface area (Å²) in [5.41, 5.74) is 9.65. The van der Waals surface area contributed by atoms with E-state index in [-0.39, 0.29) is 42.7 Å². The number of hydrogen-bond acceptors (Lipinski definition) is 25. The van der Waals surface area contributed by atoms with Gasteiger partial charge in [-0.05, 0) is 72.7 Å². The second-order valence-electron chi connectivity index (χ2n) is 28.9. The van der Waals surface area contributed by atoms with Crippen molar-refractivity contribution in [1.29, 1.82) is 0 Å². The van der Waals surface area contributed by atoms with Crippen LogP contribution in [0.25, 0.3) is 21.8 Å². The fraction of sp³-hybridized carbons (Fsp3) is 0.418. The van der Waals surface area contributed by atoms with Crippen molar-refractivity contribution < 1.29 is 113 Å². The Morgan fingerprint density at radius 3 is 1.22 bits per heavy atom. The second kappa shape index (κ2) is 46.9. The van der Waals surface area contributed by atoms with Crippen LogP contribution >= 0.6 is 25.3 Å². The molecule has 4 aromatic carbocycles. The number of nitrogens with one attached hydrogen (secondary N) is 16. The zero-order valence-corrected chi connectivity index (χ0v) is 68.3. The van der Waals surface area contributed by atoms with E-state index in [4.69, 9.17) is 5.73 Å². The van der Waals surface area contributed by atoms with Crippen molar-refractivity contribution in [2.45, 2.75) is 169 Å². The summed E-state index contributed by atoms with van der Waals surface area (Å²) in [4.78, 5) is 222. The molecule has 0 fully saturated rings. The number of carboxylic acid groups (broad SMARTS) is 2. The van der Waals surface area contributed by atoms with Crippen molar-refractivity contribution in [2.24, 2.45) is 11.7 Å². The number of phenolic OH excluding ortho intramolecular Hbond substituents is 1. The molecule has 43 heteroatoms. The Kier molecular flexibility index (Phi) is 37.1. The normalized spacial score (nSPS) is 15.5. The lowest BCUT2D eigenvalue weighted by molar-refractivity contribution is -0.143. The molecule has 658 valence electrons. The molecule has 26 N–H and O–H groups in total. The van der Waals surface area contributed by atoms with E-state index >= 15 is 14.4 Å². The SMILES string of the molecule is CC[C@H](C)[C@H](NC(=O)[C@H](Cc1cnc[nH]1)NC(=O)[C@H](CS)NC(=O)[C@@H](NC(=O)[C@@H](NC(=O)[C@@H](N)Cc1c[nH]c2ccccc12)[C@@H](C)O)[C@@H](C)O)C(=O)N[C@@H](Cc1ccc(O)cc1)C(=O)N[C@@H](CC(=O)O)C(=O)N[C@@H](Cc1c[nH]c2ccccc12)C(=O)N[C@@H](Cc1ccccc1)C(=O)N[C@@H](CS)C(=O)N[C@@H](CO)C(=O)N[C@@H](CO)C(=O)N[C@@H](CO)C(=O)O. The molecular formula is C79H102N18O23S2. The minimum Gasteiger partial charge on any atom is -0.508 e. The number of benzene rings is 4. The summed E-state index contributed by atoms with van der Waals surface area (Å²) in [6, 6.07) is 3.05. The summed E-state index contributed by atoms with van der Waals surface area (Å²) < 4.78 is 0. The van der Waals surface area contributed by atoms with Crippen LogP contribution in [0.3, 0.4) is 0 Å². The number of imidazole rings is 1. The molecule has 0 spiro atoms. The van der Waals surface area contributed by atoms with Crippen LogP contribution in [-0.2, 0) is 104 Å². The van der Waals surface area contributed by atoms with E-state index < -0.39 is 242 Å². The highest BCUT2D eigenvalue weighted by Crippen LogP contribution is 2.23. The van der Waals surface area contributed by atoms with Crippen LogP contribution in [0.5, 0.6) is 5.75 Å². The summed E-state index contributed by atoms with van der Waals surface area (Å²) in [6.07, 6.45) is -0.0385. The van der Waals surface area contributed by atoms with Crippen LogP contribution in [0.4, 0.5) is 0 Å². The Morgan fingerprint density at radius 1 is 0.402 bits per heavy atom. The van der Waals surface area contributed by atoms with E-state index in [0.717, 1.165) is 17.8 Å². The smallest absolute Gasteiger partial charge is 0.328 e. The van der Waals surface area contributed by atoms with Crippen LogP contribution < -0.4 is 74.9 Å². The number of thiol groups is 2.